The Morgan fingerprint density at radius 2 is 2.17 bits per heavy atom. The zero-order valence-electron chi connectivity index (χ0n) is 14.2. The highest BCUT2D eigenvalue weighted by molar-refractivity contribution is 5.94. The van der Waals surface area contributed by atoms with E-state index >= 15 is 0 Å². The van der Waals surface area contributed by atoms with Crippen LogP contribution in [0.1, 0.15) is 44.0 Å². The Morgan fingerprint density at radius 1 is 1.43 bits per heavy atom. The third-order valence-corrected chi connectivity index (χ3v) is 4.04. The molecule has 1 aromatic rings. The Kier molecular flexibility index (Phi) is 5.41. The van der Waals surface area contributed by atoms with Crippen molar-refractivity contribution in [1.82, 2.24) is 20.0 Å². The molecule has 2 heterocycles. The summed E-state index contributed by atoms with van der Waals surface area (Å²) < 4.78 is 1.79. The SMILES string of the molecule is CC(C)(C)n1cc(C(=O)N2CCCC(C(=O)NCCN)C2)cn1. The lowest BCUT2D eigenvalue weighted by molar-refractivity contribution is -0.126. The Morgan fingerprint density at radius 3 is 2.78 bits per heavy atom. The molecule has 2 amide bonds. The standard InChI is InChI=1S/C16H27N5O2/c1-16(2,3)21-11-13(9-19-21)15(23)20-8-4-5-12(10-20)14(22)18-7-6-17/h9,11-12H,4-8,10,17H2,1-3H3,(H,18,22). The van der Waals surface area contributed by atoms with E-state index in [1.165, 1.54) is 0 Å². The minimum absolute atomic E-state index is 0.0154. The molecule has 3 N–H and O–H groups in total. The van der Waals surface area contributed by atoms with Crippen molar-refractivity contribution in [1.29, 1.82) is 0 Å². The summed E-state index contributed by atoms with van der Waals surface area (Å²) in [6, 6.07) is 0. The predicted molar refractivity (Wildman–Crippen MR) is 87.9 cm³/mol. The molecule has 1 saturated heterocycles. The van der Waals surface area contributed by atoms with Gasteiger partial charge in [0.25, 0.3) is 5.91 Å². The van der Waals surface area contributed by atoms with E-state index in [0.29, 0.717) is 31.7 Å². The van der Waals surface area contributed by atoms with Crippen LogP contribution < -0.4 is 11.1 Å². The first-order valence-corrected chi connectivity index (χ1v) is 8.15. The van der Waals surface area contributed by atoms with Crippen molar-refractivity contribution in [3.05, 3.63) is 18.0 Å². The molecule has 1 aliphatic rings. The van der Waals surface area contributed by atoms with Crippen LogP contribution >= 0.6 is 0 Å². The molecule has 1 atom stereocenters. The minimum atomic E-state index is -0.162. The van der Waals surface area contributed by atoms with Crippen LogP contribution in [-0.2, 0) is 10.3 Å². The average Bonchev–Trinajstić information content (AvgIpc) is 3.02. The van der Waals surface area contributed by atoms with E-state index in [1.54, 1.807) is 22.0 Å². The smallest absolute Gasteiger partial charge is 0.257 e. The molecule has 0 radical (unpaired) electrons. The Hall–Kier alpha value is -1.89. The van der Waals surface area contributed by atoms with Gasteiger partial charge in [-0.2, -0.15) is 5.10 Å². The molecule has 0 saturated carbocycles. The second-order valence-corrected chi connectivity index (χ2v) is 7.01. The Bertz CT molecular complexity index is 561. The van der Waals surface area contributed by atoms with Gasteiger partial charge in [0.05, 0.1) is 23.2 Å². The molecule has 7 heteroatoms. The van der Waals surface area contributed by atoms with Crippen LogP contribution in [0.15, 0.2) is 12.4 Å². The molecule has 1 aliphatic heterocycles. The number of nitrogens with one attached hydrogen (secondary N) is 1. The monoisotopic (exact) mass is 321 g/mol. The molecule has 1 aromatic heterocycles. The quantitative estimate of drug-likeness (QED) is 0.847. The maximum absolute atomic E-state index is 12.6. The number of hydrogen-bond donors (Lipinski definition) is 2. The fraction of sp³-hybridized carbons (Fsp3) is 0.688. The molecule has 128 valence electrons. The molecule has 2 rings (SSSR count). The van der Waals surface area contributed by atoms with Crippen LogP contribution in [0.5, 0.6) is 0 Å². The second-order valence-electron chi connectivity index (χ2n) is 7.01. The van der Waals surface area contributed by atoms with Gasteiger partial charge in [-0.15, -0.1) is 0 Å². The number of likely N-dealkylation sites (tertiary alicyclic amines) is 1. The first-order valence-electron chi connectivity index (χ1n) is 8.15. The number of nitrogens with two attached hydrogens (primary N) is 1. The van der Waals surface area contributed by atoms with Crippen molar-refractivity contribution in [3.8, 4) is 0 Å². The van der Waals surface area contributed by atoms with Gasteiger partial charge in [0, 0.05) is 32.4 Å². The molecule has 23 heavy (non-hydrogen) atoms. The van der Waals surface area contributed by atoms with E-state index in [2.05, 4.69) is 10.4 Å². The van der Waals surface area contributed by atoms with Gasteiger partial charge in [-0.05, 0) is 33.6 Å². The van der Waals surface area contributed by atoms with E-state index in [1.807, 2.05) is 20.8 Å². The fourth-order valence-corrected chi connectivity index (χ4v) is 2.70. The summed E-state index contributed by atoms with van der Waals surface area (Å²) in [6.07, 6.45) is 5.02. The molecule has 0 aliphatic carbocycles. The molecule has 0 aromatic carbocycles. The molecule has 0 spiro atoms. The lowest BCUT2D eigenvalue weighted by Crippen LogP contribution is -2.46. The van der Waals surface area contributed by atoms with Crippen molar-refractivity contribution in [2.45, 2.75) is 39.2 Å². The zero-order valence-corrected chi connectivity index (χ0v) is 14.2. The zero-order chi connectivity index (χ0) is 17.0. The highest BCUT2D eigenvalue weighted by atomic mass is 16.2. The van der Waals surface area contributed by atoms with Gasteiger partial charge in [0.15, 0.2) is 0 Å². The van der Waals surface area contributed by atoms with Crippen LogP contribution in [0.25, 0.3) is 0 Å². The summed E-state index contributed by atoms with van der Waals surface area (Å²) in [5, 5.41) is 7.08. The third-order valence-electron chi connectivity index (χ3n) is 4.04. The van der Waals surface area contributed by atoms with Crippen molar-refractivity contribution in [3.63, 3.8) is 0 Å². The van der Waals surface area contributed by atoms with Gasteiger partial charge in [-0.3, -0.25) is 14.3 Å². The van der Waals surface area contributed by atoms with Crippen LogP contribution in [-0.4, -0.2) is 52.7 Å². The number of carbonyl (C=O) groups is 2. The van der Waals surface area contributed by atoms with Gasteiger partial charge in [0.1, 0.15) is 0 Å². The van der Waals surface area contributed by atoms with Crippen molar-refractivity contribution in [2.24, 2.45) is 11.7 Å². The summed E-state index contributed by atoms with van der Waals surface area (Å²) >= 11 is 0. The number of piperidine rings is 1. The summed E-state index contributed by atoms with van der Waals surface area (Å²) in [5.41, 5.74) is 5.82. The molecule has 7 nitrogen and oxygen atoms in total. The maximum Gasteiger partial charge on any atom is 0.257 e. The third kappa shape index (κ3) is 4.31. The number of rotatable bonds is 4. The summed E-state index contributed by atoms with van der Waals surface area (Å²) in [5.74, 6) is -0.230. The van der Waals surface area contributed by atoms with Gasteiger partial charge in [-0.25, -0.2) is 0 Å². The fourth-order valence-electron chi connectivity index (χ4n) is 2.70. The first kappa shape index (κ1) is 17.5. The predicted octanol–water partition coefficient (Wildman–Crippen LogP) is 0.565. The van der Waals surface area contributed by atoms with E-state index < -0.39 is 0 Å². The molecular weight excluding hydrogens is 294 g/mol. The Labute approximate surface area is 137 Å². The summed E-state index contributed by atoms with van der Waals surface area (Å²) in [4.78, 5) is 26.5. The highest BCUT2D eigenvalue weighted by Gasteiger charge is 2.29. The van der Waals surface area contributed by atoms with Crippen LogP contribution in [0, 0.1) is 5.92 Å². The highest BCUT2D eigenvalue weighted by Crippen LogP contribution is 2.20. The van der Waals surface area contributed by atoms with Crippen LogP contribution in [0.4, 0.5) is 0 Å². The number of nitrogens with zero attached hydrogens (tertiary/aromatic N) is 3. The van der Waals surface area contributed by atoms with Crippen molar-refractivity contribution >= 4 is 11.8 Å². The molecule has 1 fully saturated rings. The number of hydrogen-bond acceptors (Lipinski definition) is 4. The summed E-state index contributed by atoms with van der Waals surface area (Å²) in [7, 11) is 0. The maximum atomic E-state index is 12.6. The van der Waals surface area contributed by atoms with E-state index in [9.17, 15) is 9.59 Å². The second kappa shape index (κ2) is 7.12. The van der Waals surface area contributed by atoms with Gasteiger partial charge < -0.3 is 16.0 Å². The van der Waals surface area contributed by atoms with Crippen molar-refractivity contribution in [2.75, 3.05) is 26.2 Å². The minimum Gasteiger partial charge on any atom is -0.355 e. The Balaban J connectivity index is 2.02. The van der Waals surface area contributed by atoms with Gasteiger partial charge in [0.2, 0.25) is 5.91 Å². The lowest BCUT2D eigenvalue weighted by atomic mass is 9.96. The van der Waals surface area contributed by atoms with E-state index in [4.69, 9.17) is 5.73 Å². The molecule has 1 unspecified atom stereocenters. The van der Waals surface area contributed by atoms with Gasteiger partial charge >= 0.3 is 0 Å². The summed E-state index contributed by atoms with van der Waals surface area (Å²) in [6.45, 7) is 8.14. The normalized spacial score (nSPS) is 18.8. The lowest BCUT2D eigenvalue weighted by Gasteiger charge is -2.31. The first-order chi connectivity index (χ1) is 10.8. The largest absolute Gasteiger partial charge is 0.355 e. The van der Waals surface area contributed by atoms with E-state index in [0.717, 1.165) is 12.8 Å². The van der Waals surface area contributed by atoms with Gasteiger partial charge in [-0.1, -0.05) is 0 Å². The number of aromatic nitrogens is 2. The molecule has 0 bridgehead atoms. The topological polar surface area (TPSA) is 93.2 Å². The number of amides is 2. The average molecular weight is 321 g/mol. The number of carbonyl (C=O) groups excluding carboxylic acids is 2. The van der Waals surface area contributed by atoms with Crippen molar-refractivity contribution < 1.29 is 9.59 Å². The van der Waals surface area contributed by atoms with Crippen LogP contribution in [0.2, 0.25) is 0 Å². The van der Waals surface area contributed by atoms with Crippen LogP contribution in [0.3, 0.4) is 0 Å². The molecular formula is C16H27N5O2. The van der Waals surface area contributed by atoms with E-state index in [-0.39, 0.29) is 23.3 Å².